The van der Waals surface area contributed by atoms with E-state index in [1.54, 1.807) is 24.0 Å². The molecule has 8 heteroatoms. The summed E-state index contributed by atoms with van der Waals surface area (Å²) in [6.45, 7) is 3.51. The summed E-state index contributed by atoms with van der Waals surface area (Å²) in [6.07, 6.45) is 2.01. The minimum atomic E-state index is -3.63. The van der Waals surface area contributed by atoms with Crippen LogP contribution in [0.5, 0.6) is 0 Å². The number of halogens is 1. The lowest BCUT2D eigenvalue weighted by Crippen LogP contribution is -2.29. The summed E-state index contributed by atoms with van der Waals surface area (Å²) in [5, 5.41) is 0. The van der Waals surface area contributed by atoms with Crippen molar-refractivity contribution in [3.63, 3.8) is 0 Å². The predicted molar refractivity (Wildman–Crippen MR) is 120 cm³/mol. The predicted octanol–water partition coefficient (Wildman–Crippen LogP) is 3.35. The molecule has 1 amide bonds. The number of aryl methyl sites for hydroxylation is 1. The summed E-state index contributed by atoms with van der Waals surface area (Å²) >= 11 is 0. The Morgan fingerprint density at radius 2 is 1.86 bits per heavy atom. The van der Waals surface area contributed by atoms with Gasteiger partial charge in [0.1, 0.15) is 0 Å². The third kappa shape index (κ3) is 5.72. The number of amides is 1. The van der Waals surface area contributed by atoms with E-state index in [2.05, 4.69) is 9.62 Å². The van der Waals surface area contributed by atoms with Gasteiger partial charge in [-0.3, -0.25) is 4.79 Å². The van der Waals surface area contributed by atoms with Crippen LogP contribution in [0.15, 0.2) is 53.4 Å². The van der Waals surface area contributed by atoms with Crippen molar-refractivity contribution in [2.45, 2.75) is 31.1 Å². The van der Waals surface area contributed by atoms with Crippen LogP contribution in [0.4, 0.5) is 11.4 Å². The van der Waals surface area contributed by atoms with E-state index in [0.717, 1.165) is 18.7 Å². The molecule has 29 heavy (non-hydrogen) atoms. The highest BCUT2D eigenvalue weighted by Crippen LogP contribution is 2.26. The van der Waals surface area contributed by atoms with Crippen molar-refractivity contribution in [3.05, 3.63) is 54.1 Å². The third-order valence-electron chi connectivity index (χ3n) is 5.01. The molecule has 2 aromatic rings. The molecule has 2 aromatic carbocycles. The molecule has 0 aromatic heterocycles. The van der Waals surface area contributed by atoms with E-state index < -0.39 is 10.0 Å². The second-order valence-electron chi connectivity index (χ2n) is 7.11. The van der Waals surface area contributed by atoms with Crippen molar-refractivity contribution < 1.29 is 13.2 Å². The maximum absolute atomic E-state index is 12.8. The number of carbonyl (C=O) groups is 1. The van der Waals surface area contributed by atoms with Crippen molar-refractivity contribution in [1.82, 2.24) is 4.72 Å². The molecule has 158 valence electrons. The van der Waals surface area contributed by atoms with Crippen LogP contribution in [0.1, 0.15) is 24.8 Å². The summed E-state index contributed by atoms with van der Waals surface area (Å²) in [6, 6.07) is 15.2. The van der Waals surface area contributed by atoms with Gasteiger partial charge in [-0.25, -0.2) is 13.1 Å². The summed E-state index contributed by atoms with van der Waals surface area (Å²) in [7, 11) is -1.64. The third-order valence-corrected chi connectivity index (χ3v) is 6.61. The molecule has 6 nitrogen and oxygen atoms in total. The smallest absolute Gasteiger partial charge is 0.240 e. The first-order chi connectivity index (χ1) is 13.4. The van der Waals surface area contributed by atoms with Gasteiger partial charge >= 0.3 is 0 Å². The number of hydrogen-bond donors (Lipinski definition) is 1. The van der Waals surface area contributed by atoms with Crippen LogP contribution >= 0.6 is 12.4 Å². The fourth-order valence-electron chi connectivity index (χ4n) is 3.38. The van der Waals surface area contributed by atoms with E-state index in [1.165, 1.54) is 0 Å². The molecule has 0 spiro atoms. The molecular formula is C21H28ClN3O3S. The van der Waals surface area contributed by atoms with Gasteiger partial charge in [0.25, 0.3) is 0 Å². The zero-order valence-corrected chi connectivity index (χ0v) is 18.4. The van der Waals surface area contributed by atoms with Crippen LogP contribution in [0.2, 0.25) is 0 Å². The monoisotopic (exact) mass is 437 g/mol. The molecule has 0 unspecified atom stereocenters. The van der Waals surface area contributed by atoms with Gasteiger partial charge in [-0.05, 0) is 49.6 Å². The largest absolute Gasteiger partial charge is 0.375 e. The number of benzene rings is 2. The van der Waals surface area contributed by atoms with Gasteiger partial charge < -0.3 is 9.80 Å². The molecule has 0 aliphatic carbocycles. The van der Waals surface area contributed by atoms with E-state index in [4.69, 9.17) is 0 Å². The molecule has 1 heterocycles. The number of carbonyl (C=O) groups excluding carboxylic acids is 1. The highest BCUT2D eigenvalue weighted by atomic mass is 35.5. The second-order valence-corrected chi connectivity index (χ2v) is 8.84. The maximum atomic E-state index is 12.8. The molecule has 3 rings (SSSR count). The van der Waals surface area contributed by atoms with Crippen LogP contribution in [-0.2, 0) is 14.8 Å². The van der Waals surface area contributed by atoms with Crippen molar-refractivity contribution in [2.75, 3.05) is 36.5 Å². The van der Waals surface area contributed by atoms with E-state index in [-0.39, 0.29) is 23.2 Å². The Bertz CT molecular complexity index is 935. The van der Waals surface area contributed by atoms with Gasteiger partial charge in [-0.1, -0.05) is 24.3 Å². The zero-order valence-electron chi connectivity index (χ0n) is 16.8. The van der Waals surface area contributed by atoms with E-state index in [1.807, 2.05) is 43.4 Å². The number of rotatable bonds is 8. The van der Waals surface area contributed by atoms with Crippen LogP contribution in [0, 0.1) is 6.92 Å². The van der Waals surface area contributed by atoms with Gasteiger partial charge in [-0.15, -0.1) is 12.4 Å². The maximum Gasteiger partial charge on any atom is 0.240 e. The van der Waals surface area contributed by atoms with Gasteiger partial charge in [0.05, 0.1) is 4.90 Å². The fraction of sp³-hybridized carbons (Fsp3) is 0.381. The Hall–Kier alpha value is -2.09. The van der Waals surface area contributed by atoms with E-state index >= 15 is 0 Å². The first-order valence-electron chi connectivity index (χ1n) is 9.55. The lowest BCUT2D eigenvalue weighted by Gasteiger charge is -2.20. The number of anilines is 2. The Morgan fingerprint density at radius 3 is 2.52 bits per heavy atom. The van der Waals surface area contributed by atoms with E-state index in [9.17, 15) is 13.2 Å². The lowest BCUT2D eigenvalue weighted by molar-refractivity contribution is -0.117. The Labute approximate surface area is 179 Å². The summed E-state index contributed by atoms with van der Waals surface area (Å²) in [5.41, 5.74) is 2.42. The molecular weight excluding hydrogens is 410 g/mol. The number of hydrogen-bond acceptors (Lipinski definition) is 4. The highest BCUT2D eigenvalue weighted by Gasteiger charge is 2.24. The van der Waals surface area contributed by atoms with Crippen LogP contribution in [0.25, 0.3) is 0 Å². The van der Waals surface area contributed by atoms with E-state index in [0.29, 0.717) is 37.2 Å². The fourth-order valence-corrected chi connectivity index (χ4v) is 4.72. The van der Waals surface area contributed by atoms with Crippen molar-refractivity contribution in [1.29, 1.82) is 0 Å². The quantitative estimate of drug-likeness (QED) is 0.643. The molecule has 0 radical (unpaired) electrons. The molecule has 0 atom stereocenters. The minimum Gasteiger partial charge on any atom is -0.375 e. The SMILES string of the molecule is Cc1ccc(N2CCCC2=O)cc1S(=O)(=O)NCCCN(C)c1ccccc1.Cl. The minimum absolute atomic E-state index is 0. The average molecular weight is 438 g/mol. The Morgan fingerprint density at radius 1 is 1.14 bits per heavy atom. The Kier molecular flexibility index (Phi) is 8.07. The first kappa shape index (κ1) is 23.2. The number of sulfonamides is 1. The Balaban J connectivity index is 0.00000300. The van der Waals surface area contributed by atoms with Crippen molar-refractivity contribution >= 4 is 39.7 Å². The number of para-hydroxylation sites is 1. The average Bonchev–Trinajstić information content (AvgIpc) is 3.12. The molecule has 1 aliphatic heterocycles. The lowest BCUT2D eigenvalue weighted by atomic mass is 10.2. The molecule has 1 fully saturated rings. The summed E-state index contributed by atoms with van der Waals surface area (Å²) in [4.78, 5) is 16.0. The highest BCUT2D eigenvalue weighted by molar-refractivity contribution is 7.89. The van der Waals surface area contributed by atoms with Crippen molar-refractivity contribution in [2.24, 2.45) is 0 Å². The molecule has 0 saturated carbocycles. The number of nitrogens with zero attached hydrogens (tertiary/aromatic N) is 2. The normalized spacial score (nSPS) is 14.0. The van der Waals surface area contributed by atoms with Crippen LogP contribution < -0.4 is 14.5 Å². The first-order valence-corrected chi connectivity index (χ1v) is 11.0. The van der Waals surface area contributed by atoms with Gasteiger partial charge in [-0.2, -0.15) is 0 Å². The van der Waals surface area contributed by atoms with Crippen LogP contribution in [0.3, 0.4) is 0 Å². The van der Waals surface area contributed by atoms with Crippen molar-refractivity contribution in [3.8, 4) is 0 Å². The summed E-state index contributed by atoms with van der Waals surface area (Å²) in [5.74, 6) is 0.0455. The molecule has 1 aliphatic rings. The molecule has 1 N–H and O–H groups in total. The molecule has 0 bridgehead atoms. The summed E-state index contributed by atoms with van der Waals surface area (Å²) < 4.78 is 28.3. The zero-order chi connectivity index (χ0) is 20.1. The molecule has 1 saturated heterocycles. The standard InChI is InChI=1S/C21H27N3O3S.ClH/c1-17-11-12-19(24-15-6-10-21(24)25)16-20(17)28(26,27)22-13-7-14-23(2)18-8-4-3-5-9-18;/h3-5,8-9,11-12,16,22H,6-7,10,13-15H2,1-2H3;1H. The van der Waals surface area contributed by atoms with Crippen LogP contribution in [-0.4, -0.2) is 41.0 Å². The van der Waals surface area contributed by atoms with Gasteiger partial charge in [0, 0.05) is 44.5 Å². The van der Waals surface area contributed by atoms with Gasteiger partial charge in [0.2, 0.25) is 15.9 Å². The topological polar surface area (TPSA) is 69.7 Å². The number of nitrogens with one attached hydrogen (secondary N) is 1. The van der Waals surface area contributed by atoms with Gasteiger partial charge in [0.15, 0.2) is 0 Å². The second kappa shape index (κ2) is 10.1.